The molecule has 0 aromatic rings. The Balaban J connectivity index is 3.89. The van der Waals surface area contributed by atoms with E-state index in [2.05, 4.69) is 17.0 Å². The van der Waals surface area contributed by atoms with Crippen molar-refractivity contribution in [1.29, 1.82) is 0 Å². The molecule has 0 aliphatic heterocycles. The number of hydrogen-bond donors (Lipinski definition) is 1. The minimum Gasteiger partial charge on any atom is -0.453 e. The van der Waals surface area contributed by atoms with Crippen LogP contribution in [0.15, 0.2) is 0 Å². The first-order chi connectivity index (χ1) is 7.60. The third kappa shape index (κ3) is 8.26. The van der Waals surface area contributed by atoms with Gasteiger partial charge in [-0.1, -0.05) is 19.8 Å². The van der Waals surface area contributed by atoms with Gasteiger partial charge in [-0.25, -0.2) is 4.79 Å². The SMILES string of the molecule is CCCCC(CCCC(C)=O)NC(=O)OC. The molecule has 0 fully saturated rings. The molecule has 4 heteroatoms. The van der Waals surface area contributed by atoms with Crippen LogP contribution in [0.25, 0.3) is 0 Å². The molecule has 0 aromatic heterocycles. The van der Waals surface area contributed by atoms with Crippen molar-refractivity contribution in [2.45, 2.75) is 58.4 Å². The number of methoxy groups -OCH3 is 1. The molecule has 0 radical (unpaired) electrons. The van der Waals surface area contributed by atoms with Crippen molar-refractivity contribution in [2.75, 3.05) is 7.11 Å². The van der Waals surface area contributed by atoms with Crippen molar-refractivity contribution < 1.29 is 14.3 Å². The van der Waals surface area contributed by atoms with E-state index in [0.717, 1.165) is 32.1 Å². The summed E-state index contributed by atoms with van der Waals surface area (Å²) in [4.78, 5) is 21.9. The molecule has 1 atom stereocenters. The Labute approximate surface area is 97.7 Å². The van der Waals surface area contributed by atoms with E-state index in [1.165, 1.54) is 7.11 Å². The van der Waals surface area contributed by atoms with Crippen LogP contribution in [0.5, 0.6) is 0 Å². The number of nitrogens with one attached hydrogen (secondary N) is 1. The van der Waals surface area contributed by atoms with Gasteiger partial charge in [-0.2, -0.15) is 0 Å². The van der Waals surface area contributed by atoms with E-state index in [4.69, 9.17) is 0 Å². The number of Topliss-reactive ketones (excluding diaryl/α,β-unsaturated/α-hetero) is 1. The zero-order valence-electron chi connectivity index (χ0n) is 10.5. The third-order valence-corrected chi connectivity index (χ3v) is 2.49. The van der Waals surface area contributed by atoms with E-state index in [9.17, 15) is 9.59 Å². The number of hydrogen-bond acceptors (Lipinski definition) is 3. The highest BCUT2D eigenvalue weighted by molar-refractivity contribution is 5.75. The monoisotopic (exact) mass is 229 g/mol. The summed E-state index contributed by atoms with van der Waals surface area (Å²) in [5.74, 6) is 0.201. The average Bonchev–Trinajstić information content (AvgIpc) is 2.24. The minimum atomic E-state index is -0.385. The maximum Gasteiger partial charge on any atom is 0.407 e. The Hall–Kier alpha value is -1.06. The van der Waals surface area contributed by atoms with E-state index in [0.29, 0.717) is 6.42 Å². The predicted molar refractivity (Wildman–Crippen MR) is 63.4 cm³/mol. The van der Waals surface area contributed by atoms with E-state index in [1.807, 2.05) is 0 Å². The van der Waals surface area contributed by atoms with Gasteiger partial charge in [0, 0.05) is 12.5 Å². The third-order valence-electron chi connectivity index (χ3n) is 2.49. The summed E-state index contributed by atoms with van der Waals surface area (Å²) in [6.45, 7) is 3.71. The van der Waals surface area contributed by atoms with Gasteiger partial charge >= 0.3 is 6.09 Å². The second-order valence-corrected chi connectivity index (χ2v) is 4.07. The lowest BCUT2D eigenvalue weighted by molar-refractivity contribution is -0.117. The largest absolute Gasteiger partial charge is 0.453 e. The van der Waals surface area contributed by atoms with Crippen LogP contribution in [0.1, 0.15) is 52.4 Å². The van der Waals surface area contributed by atoms with Crippen LogP contribution in [-0.4, -0.2) is 25.0 Å². The number of ether oxygens (including phenoxy) is 1. The molecule has 0 heterocycles. The molecular formula is C12H23NO3. The molecule has 4 nitrogen and oxygen atoms in total. The van der Waals surface area contributed by atoms with E-state index >= 15 is 0 Å². The van der Waals surface area contributed by atoms with Crippen LogP contribution < -0.4 is 5.32 Å². The first-order valence-electron chi connectivity index (χ1n) is 5.94. The van der Waals surface area contributed by atoms with Crippen LogP contribution in [-0.2, 0) is 9.53 Å². The Morgan fingerprint density at radius 3 is 2.38 bits per heavy atom. The van der Waals surface area contributed by atoms with Gasteiger partial charge in [0.15, 0.2) is 0 Å². The number of unbranched alkanes of at least 4 members (excludes halogenated alkanes) is 1. The molecule has 16 heavy (non-hydrogen) atoms. The lowest BCUT2D eigenvalue weighted by atomic mass is 10.0. The van der Waals surface area contributed by atoms with E-state index < -0.39 is 0 Å². The van der Waals surface area contributed by atoms with Crippen molar-refractivity contribution in [1.82, 2.24) is 5.32 Å². The summed E-state index contributed by atoms with van der Waals surface area (Å²) in [6, 6.07) is 0.131. The highest BCUT2D eigenvalue weighted by Gasteiger charge is 2.11. The van der Waals surface area contributed by atoms with Crippen LogP contribution in [0, 0.1) is 0 Å². The number of ketones is 1. The molecule has 0 spiro atoms. The Morgan fingerprint density at radius 1 is 1.25 bits per heavy atom. The molecule has 0 saturated carbocycles. The summed E-state index contributed by atoms with van der Waals surface area (Å²) in [7, 11) is 1.36. The topological polar surface area (TPSA) is 55.4 Å². The van der Waals surface area contributed by atoms with Crippen molar-refractivity contribution in [2.24, 2.45) is 0 Å². The van der Waals surface area contributed by atoms with Crippen molar-refractivity contribution in [3.05, 3.63) is 0 Å². The number of rotatable bonds is 8. The molecular weight excluding hydrogens is 206 g/mol. The molecule has 0 aliphatic rings. The first-order valence-corrected chi connectivity index (χ1v) is 5.94. The minimum absolute atomic E-state index is 0.131. The number of carbonyl (C=O) groups is 2. The molecule has 1 unspecified atom stereocenters. The van der Waals surface area contributed by atoms with Gasteiger partial charge in [0.2, 0.25) is 0 Å². The highest BCUT2D eigenvalue weighted by Crippen LogP contribution is 2.09. The fraction of sp³-hybridized carbons (Fsp3) is 0.833. The van der Waals surface area contributed by atoms with Gasteiger partial charge in [-0.3, -0.25) is 0 Å². The standard InChI is InChI=1S/C12H23NO3/c1-4-5-8-11(13-12(15)16-3)9-6-7-10(2)14/h11H,4-9H2,1-3H3,(H,13,15). The van der Waals surface area contributed by atoms with E-state index in [-0.39, 0.29) is 17.9 Å². The molecule has 0 saturated heterocycles. The Morgan fingerprint density at radius 2 is 1.88 bits per heavy atom. The molecule has 0 rings (SSSR count). The Kier molecular flexibility index (Phi) is 8.58. The Bertz CT molecular complexity index is 216. The number of amides is 1. The van der Waals surface area contributed by atoms with Crippen LogP contribution >= 0.6 is 0 Å². The second kappa shape index (κ2) is 9.19. The lowest BCUT2D eigenvalue weighted by Crippen LogP contribution is -2.34. The fourth-order valence-electron chi connectivity index (χ4n) is 1.56. The zero-order valence-corrected chi connectivity index (χ0v) is 10.5. The molecule has 1 amide bonds. The highest BCUT2D eigenvalue weighted by atomic mass is 16.5. The average molecular weight is 229 g/mol. The van der Waals surface area contributed by atoms with Crippen LogP contribution in [0.3, 0.4) is 0 Å². The van der Waals surface area contributed by atoms with Gasteiger partial charge in [0.1, 0.15) is 5.78 Å². The van der Waals surface area contributed by atoms with Crippen molar-refractivity contribution in [3.8, 4) is 0 Å². The second-order valence-electron chi connectivity index (χ2n) is 4.07. The summed E-state index contributed by atoms with van der Waals surface area (Å²) in [6.07, 6.45) is 5.00. The molecule has 94 valence electrons. The van der Waals surface area contributed by atoms with Gasteiger partial charge in [-0.15, -0.1) is 0 Å². The zero-order chi connectivity index (χ0) is 12.4. The van der Waals surface area contributed by atoms with E-state index in [1.54, 1.807) is 6.92 Å². The van der Waals surface area contributed by atoms with Gasteiger partial charge < -0.3 is 14.8 Å². The normalized spacial score (nSPS) is 11.9. The number of alkyl carbamates (subject to hydrolysis) is 1. The smallest absolute Gasteiger partial charge is 0.407 e. The summed E-state index contributed by atoms with van der Waals surface area (Å²) in [5.41, 5.74) is 0. The molecule has 1 N–H and O–H groups in total. The first kappa shape index (κ1) is 14.9. The summed E-state index contributed by atoms with van der Waals surface area (Å²) < 4.78 is 4.57. The molecule has 0 bridgehead atoms. The number of carbonyl (C=O) groups excluding carboxylic acids is 2. The van der Waals surface area contributed by atoms with Crippen LogP contribution in [0.4, 0.5) is 4.79 Å². The summed E-state index contributed by atoms with van der Waals surface area (Å²) >= 11 is 0. The fourth-order valence-corrected chi connectivity index (χ4v) is 1.56. The van der Waals surface area contributed by atoms with Gasteiger partial charge in [0.05, 0.1) is 7.11 Å². The quantitative estimate of drug-likeness (QED) is 0.696. The molecule has 0 aliphatic carbocycles. The van der Waals surface area contributed by atoms with Crippen LogP contribution in [0.2, 0.25) is 0 Å². The van der Waals surface area contributed by atoms with Gasteiger partial charge in [-0.05, 0) is 26.2 Å². The molecule has 0 aromatic carbocycles. The van der Waals surface area contributed by atoms with Gasteiger partial charge in [0.25, 0.3) is 0 Å². The van der Waals surface area contributed by atoms with Crippen molar-refractivity contribution in [3.63, 3.8) is 0 Å². The predicted octanol–water partition coefficient (Wildman–Crippen LogP) is 2.66. The summed E-state index contributed by atoms with van der Waals surface area (Å²) in [5, 5.41) is 2.80. The lowest BCUT2D eigenvalue weighted by Gasteiger charge is -2.17. The maximum atomic E-state index is 11.1. The maximum absolute atomic E-state index is 11.1. The van der Waals surface area contributed by atoms with Crippen molar-refractivity contribution >= 4 is 11.9 Å².